The molecule has 1 rings (SSSR count). The maximum atomic E-state index is 11.5. The number of methoxy groups -OCH3 is 1. The smallest absolute Gasteiger partial charge is 0.252 e. The van der Waals surface area contributed by atoms with Gasteiger partial charge in [-0.3, -0.25) is 4.79 Å². The number of benzene rings is 1. The quantitative estimate of drug-likeness (QED) is 0.747. The minimum Gasteiger partial charge on any atom is -0.380 e. The molecule has 0 aromatic heterocycles. The van der Waals surface area contributed by atoms with Crippen molar-refractivity contribution < 1.29 is 9.53 Å². The number of carbonyl (C=O) groups excluding carboxylic acids is 1. The summed E-state index contributed by atoms with van der Waals surface area (Å²) in [6, 6.07) is 7.25. The van der Waals surface area contributed by atoms with Gasteiger partial charge in [0.1, 0.15) is 0 Å². The summed E-state index contributed by atoms with van der Waals surface area (Å²) in [6.07, 6.45) is 5.05. The monoisotopic (exact) mass is 203 g/mol. The van der Waals surface area contributed by atoms with Crippen molar-refractivity contribution in [2.75, 3.05) is 13.7 Å². The van der Waals surface area contributed by atoms with Crippen LogP contribution in [0.4, 0.5) is 0 Å². The van der Waals surface area contributed by atoms with Crippen LogP contribution in [-0.2, 0) is 11.3 Å². The highest BCUT2D eigenvalue weighted by Crippen LogP contribution is 2.06. The minimum atomic E-state index is -0.161. The first-order chi connectivity index (χ1) is 7.27. The molecule has 3 nitrogen and oxygen atoms in total. The van der Waals surface area contributed by atoms with E-state index in [1.807, 2.05) is 12.1 Å². The minimum absolute atomic E-state index is 0.161. The van der Waals surface area contributed by atoms with Gasteiger partial charge in [-0.2, -0.15) is 0 Å². The summed E-state index contributed by atoms with van der Waals surface area (Å²) >= 11 is 0. The molecular formula is C12H13NO2. The van der Waals surface area contributed by atoms with Crippen molar-refractivity contribution >= 4 is 5.91 Å². The molecule has 0 aliphatic heterocycles. The topological polar surface area (TPSA) is 38.3 Å². The molecule has 0 aliphatic carbocycles. The number of ether oxygens (including phenoxy) is 1. The van der Waals surface area contributed by atoms with E-state index in [0.717, 1.165) is 5.56 Å². The number of amides is 1. The Kier molecular flexibility index (Phi) is 4.39. The highest BCUT2D eigenvalue weighted by Gasteiger charge is 2.04. The van der Waals surface area contributed by atoms with E-state index in [-0.39, 0.29) is 12.5 Å². The fourth-order valence-electron chi connectivity index (χ4n) is 1.20. The molecule has 0 radical (unpaired) electrons. The van der Waals surface area contributed by atoms with Crippen LogP contribution in [0.1, 0.15) is 15.9 Å². The van der Waals surface area contributed by atoms with E-state index in [2.05, 4.69) is 11.2 Å². The molecule has 0 heterocycles. The maximum Gasteiger partial charge on any atom is 0.252 e. The Bertz CT molecular complexity index is 379. The van der Waals surface area contributed by atoms with Crippen LogP contribution in [0, 0.1) is 12.3 Å². The van der Waals surface area contributed by atoms with Crippen LogP contribution >= 0.6 is 0 Å². The molecule has 1 aromatic carbocycles. The second kappa shape index (κ2) is 5.84. The van der Waals surface area contributed by atoms with E-state index < -0.39 is 0 Å². The van der Waals surface area contributed by atoms with Crippen molar-refractivity contribution in [3.63, 3.8) is 0 Å². The molecule has 0 fully saturated rings. The summed E-state index contributed by atoms with van der Waals surface area (Å²) in [5.74, 6) is 2.19. The fraction of sp³-hybridized carbons (Fsp3) is 0.250. The van der Waals surface area contributed by atoms with E-state index in [9.17, 15) is 4.79 Å². The Morgan fingerprint density at radius 1 is 1.60 bits per heavy atom. The van der Waals surface area contributed by atoms with Crippen molar-refractivity contribution in [3.8, 4) is 12.3 Å². The number of nitrogens with one attached hydrogen (secondary N) is 1. The van der Waals surface area contributed by atoms with Gasteiger partial charge < -0.3 is 10.1 Å². The molecule has 0 bridgehead atoms. The molecule has 0 saturated heterocycles. The van der Waals surface area contributed by atoms with Gasteiger partial charge in [0.25, 0.3) is 5.91 Å². The van der Waals surface area contributed by atoms with Gasteiger partial charge in [-0.05, 0) is 17.7 Å². The van der Waals surface area contributed by atoms with Crippen LogP contribution in [0.2, 0.25) is 0 Å². The third-order valence-electron chi connectivity index (χ3n) is 1.85. The molecule has 0 unspecified atom stereocenters. The second-order valence-corrected chi connectivity index (χ2v) is 3.02. The predicted octanol–water partition coefficient (Wildman–Crippen LogP) is 1.20. The Labute approximate surface area is 89.4 Å². The highest BCUT2D eigenvalue weighted by molar-refractivity contribution is 5.94. The normalized spacial score (nSPS) is 9.33. The molecule has 78 valence electrons. The lowest BCUT2D eigenvalue weighted by atomic mass is 10.1. The van der Waals surface area contributed by atoms with Gasteiger partial charge in [-0.1, -0.05) is 18.1 Å². The molecular weight excluding hydrogens is 190 g/mol. The summed E-state index contributed by atoms with van der Waals surface area (Å²) in [5.41, 5.74) is 1.56. The largest absolute Gasteiger partial charge is 0.380 e. The molecule has 0 saturated carbocycles. The lowest BCUT2D eigenvalue weighted by Gasteiger charge is -2.04. The Morgan fingerprint density at radius 3 is 3.07 bits per heavy atom. The van der Waals surface area contributed by atoms with Gasteiger partial charge >= 0.3 is 0 Å². The zero-order valence-electron chi connectivity index (χ0n) is 8.62. The predicted molar refractivity (Wildman–Crippen MR) is 58.3 cm³/mol. The Balaban J connectivity index is 2.72. The summed E-state index contributed by atoms with van der Waals surface area (Å²) in [4.78, 5) is 11.5. The lowest BCUT2D eigenvalue weighted by molar-refractivity contribution is 0.0958. The van der Waals surface area contributed by atoms with Crippen LogP contribution in [-0.4, -0.2) is 19.6 Å². The molecule has 0 atom stereocenters. The zero-order valence-corrected chi connectivity index (χ0v) is 8.62. The average Bonchev–Trinajstić information content (AvgIpc) is 2.27. The molecule has 3 heteroatoms. The lowest BCUT2D eigenvalue weighted by Crippen LogP contribution is -2.23. The molecule has 1 N–H and O–H groups in total. The van der Waals surface area contributed by atoms with E-state index in [1.54, 1.807) is 19.2 Å². The number of carbonyl (C=O) groups is 1. The number of rotatable bonds is 4. The van der Waals surface area contributed by atoms with Crippen LogP contribution < -0.4 is 5.32 Å². The van der Waals surface area contributed by atoms with E-state index >= 15 is 0 Å². The van der Waals surface area contributed by atoms with Crippen molar-refractivity contribution in [3.05, 3.63) is 35.4 Å². The van der Waals surface area contributed by atoms with E-state index in [1.165, 1.54) is 0 Å². The Morgan fingerprint density at radius 2 is 2.40 bits per heavy atom. The second-order valence-electron chi connectivity index (χ2n) is 3.02. The van der Waals surface area contributed by atoms with Crippen molar-refractivity contribution in [2.45, 2.75) is 6.61 Å². The van der Waals surface area contributed by atoms with Crippen LogP contribution in [0.5, 0.6) is 0 Å². The molecule has 0 spiro atoms. The summed E-state index contributed by atoms with van der Waals surface area (Å²) in [5, 5.41) is 2.60. The van der Waals surface area contributed by atoms with Gasteiger partial charge in [-0.25, -0.2) is 0 Å². The van der Waals surface area contributed by atoms with Gasteiger partial charge in [0, 0.05) is 12.7 Å². The first-order valence-electron chi connectivity index (χ1n) is 4.57. The third kappa shape index (κ3) is 3.45. The highest BCUT2D eigenvalue weighted by atomic mass is 16.5. The van der Waals surface area contributed by atoms with Gasteiger partial charge in [0.05, 0.1) is 13.2 Å². The molecule has 1 aromatic rings. The number of hydrogen-bond acceptors (Lipinski definition) is 2. The number of terminal acetylenes is 1. The van der Waals surface area contributed by atoms with Crippen LogP contribution in [0.25, 0.3) is 0 Å². The Hall–Kier alpha value is -1.79. The molecule has 1 amide bonds. The van der Waals surface area contributed by atoms with Crippen LogP contribution in [0.3, 0.4) is 0 Å². The fourth-order valence-corrected chi connectivity index (χ4v) is 1.20. The third-order valence-corrected chi connectivity index (χ3v) is 1.85. The van der Waals surface area contributed by atoms with Crippen molar-refractivity contribution in [1.82, 2.24) is 5.32 Å². The van der Waals surface area contributed by atoms with Gasteiger partial charge in [0.2, 0.25) is 0 Å². The average molecular weight is 203 g/mol. The molecule has 15 heavy (non-hydrogen) atoms. The SMILES string of the molecule is C#CCNC(=O)c1cccc(COC)c1. The first kappa shape index (κ1) is 11.3. The summed E-state index contributed by atoms with van der Waals surface area (Å²) in [6.45, 7) is 0.740. The van der Waals surface area contributed by atoms with Gasteiger partial charge in [-0.15, -0.1) is 6.42 Å². The van der Waals surface area contributed by atoms with E-state index in [0.29, 0.717) is 12.2 Å². The van der Waals surface area contributed by atoms with Crippen molar-refractivity contribution in [2.24, 2.45) is 0 Å². The van der Waals surface area contributed by atoms with Gasteiger partial charge in [0.15, 0.2) is 0 Å². The summed E-state index contributed by atoms with van der Waals surface area (Å²) in [7, 11) is 1.62. The standard InChI is InChI=1S/C12H13NO2/c1-3-7-13-12(14)11-6-4-5-10(8-11)9-15-2/h1,4-6,8H,7,9H2,2H3,(H,13,14). The molecule has 0 aliphatic rings. The summed E-state index contributed by atoms with van der Waals surface area (Å²) < 4.78 is 4.98. The number of hydrogen-bond donors (Lipinski definition) is 1. The van der Waals surface area contributed by atoms with Crippen LogP contribution in [0.15, 0.2) is 24.3 Å². The van der Waals surface area contributed by atoms with E-state index in [4.69, 9.17) is 11.2 Å². The maximum absolute atomic E-state index is 11.5. The van der Waals surface area contributed by atoms with Crippen molar-refractivity contribution in [1.29, 1.82) is 0 Å². The zero-order chi connectivity index (χ0) is 11.1. The first-order valence-corrected chi connectivity index (χ1v) is 4.57.